The molecule has 1 unspecified atom stereocenters. The largest absolute Gasteiger partial charge is 0.469 e. The molecule has 0 radical (unpaired) electrons. The molecule has 4 aliphatic carbocycles. The van der Waals surface area contributed by atoms with Crippen molar-refractivity contribution in [1.82, 2.24) is 0 Å². The fourth-order valence-electron chi connectivity index (χ4n) is 4.76. The van der Waals surface area contributed by atoms with E-state index < -0.39 is 0 Å². The predicted octanol–water partition coefficient (Wildman–Crippen LogP) is 4.40. The lowest BCUT2D eigenvalue weighted by Gasteiger charge is -2.50. The number of carbonyl (C=O) groups is 1. The van der Waals surface area contributed by atoms with Crippen molar-refractivity contribution in [3.63, 3.8) is 0 Å². The second-order valence-corrected chi connectivity index (χ2v) is 7.32. The van der Waals surface area contributed by atoms with Gasteiger partial charge in [-0.25, -0.2) is 0 Å². The second kappa shape index (κ2) is 4.86. The molecule has 2 bridgehead atoms. The number of rotatable bonds is 3. The molecule has 0 heterocycles. The first-order valence-electron chi connectivity index (χ1n) is 8.41. The standard InChI is InChI=1S/C19H24O2/c1-21-18(20)19-10-8-13(9-11-19)12-17(19)16-6-4-15(5-7-16)14-2-3-14/h4-7,13-14,17H,2-3,8-12H2,1H3. The molecule has 0 N–H and O–H groups in total. The maximum atomic E-state index is 12.5. The summed E-state index contributed by atoms with van der Waals surface area (Å²) in [5, 5.41) is 0. The fourth-order valence-corrected chi connectivity index (χ4v) is 4.76. The Bertz CT molecular complexity index is 533. The highest BCUT2D eigenvalue weighted by Crippen LogP contribution is 2.58. The zero-order valence-electron chi connectivity index (χ0n) is 12.8. The molecule has 0 aromatic heterocycles. The molecule has 112 valence electrons. The number of esters is 1. The normalized spacial score (nSPS) is 34.7. The Morgan fingerprint density at radius 2 is 1.67 bits per heavy atom. The Morgan fingerprint density at radius 3 is 2.24 bits per heavy atom. The highest BCUT2D eigenvalue weighted by atomic mass is 16.5. The van der Waals surface area contributed by atoms with Crippen LogP contribution in [-0.4, -0.2) is 13.1 Å². The van der Waals surface area contributed by atoms with Crippen molar-refractivity contribution in [3.8, 4) is 0 Å². The third-order valence-corrected chi connectivity index (χ3v) is 6.21. The number of methoxy groups -OCH3 is 1. The van der Waals surface area contributed by atoms with Gasteiger partial charge in [0.1, 0.15) is 0 Å². The minimum atomic E-state index is -0.245. The topological polar surface area (TPSA) is 26.3 Å². The average Bonchev–Trinajstić information content (AvgIpc) is 3.40. The zero-order valence-corrected chi connectivity index (χ0v) is 12.8. The first kappa shape index (κ1) is 13.4. The molecule has 2 heteroatoms. The molecular weight excluding hydrogens is 260 g/mol. The lowest BCUT2D eigenvalue weighted by atomic mass is 9.53. The number of carbonyl (C=O) groups excluding carboxylic acids is 1. The van der Waals surface area contributed by atoms with Crippen LogP contribution < -0.4 is 0 Å². The minimum Gasteiger partial charge on any atom is -0.469 e. The molecule has 0 aliphatic heterocycles. The molecule has 1 atom stereocenters. The van der Waals surface area contributed by atoms with Crippen LogP contribution in [-0.2, 0) is 9.53 Å². The van der Waals surface area contributed by atoms with E-state index in [9.17, 15) is 4.79 Å². The van der Waals surface area contributed by atoms with Gasteiger partial charge < -0.3 is 4.74 Å². The van der Waals surface area contributed by atoms with Gasteiger partial charge in [-0.05, 0) is 67.9 Å². The summed E-state index contributed by atoms with van der Waals surface area (Å²) < 4.78 is 5.19. The van der Waals surface area contributed by atoms with Gasteiger partial charge in [0.15, 0.2) is 0 Å². The van der Waals surface area contributed by atoms with Crippen molar-refractivity contribution in [2.45, 2.75) is 56.8 Å². The predicted molar refractivity (Wildman–Crippen MR) is 82.2 cm³/mol. The molecule has 5 rings (SSSR count). The van der Waals surface area contributed by atoms with Gasteiger partial charge in [0.25, 0.3) is 0 Å². The summed E-state index contributed by atoms with van der Waals surface area (Å²) in [5.74, 6) is 2.00. The van der Waals surface area contributed by atoms with Gasteiger partial charge in [-0.15, -0.1) is 0 Å². The van der Waals surface area contributed by atoms with Crippen molar-refractivity contribution in [2.75, 3.05) is 7.11 Å². The Balaban J connectivity index is 1.66. The van der Waals surface area contributed by atoms with Gasteiger partial charge in [-0.2, -0.15) is 0 Å². The van der Waals surface area contributed by atoms with Gasteiger partial charge >= 0.3 is 5.97 Å². The van der Waals surface area contributed by atoms with Crippen LogP contribution in [0.2, 0.25) is 0 Å². The molecule has 1 aromatic rings. The van der Waals surface area contributed by atoms with E-state index in [1.54, 1.807) is 7.11 Å². The van der Waals surface area contributed by atoms with E-state index in [4.69, 9.17) is 4.74 Å². The molecule has 4 saturated carbocycles. The number of hydrogen-bond donors (Lipinski definition) is 0. The summed E-state index contributed by atoms with van der Waals surface area (Å²) >= 11 is 0. The third-order valence-electron chi connectivity index (χ3n) is 6.21. The monoisotopic (exact) mass is 284 g/mol. The third kappa shape index (κ3) is 2.11. The highest BCUT2D eigenvalue weighted by Gasteiger charge is 2.53. The average molecular weight is 284 g/mol. The van der Waals surface area contributed by atoms with E-state index in [0.29, 0.717) is 5.92 Å². The van der Waals surface area contributed by atoms with Gasteiger partial charge in [-0.1, -0.05) is 24.3 Å². The summed E-state index contributed by atoms with van der Waals surface area (Å²) in [7, 11) is 1.55. The highest BCUT2D eigenvalue weighted by molar-refractivity contribution is 5.78. The smallest absolute Gasteiger partial charge is 0.312 e. The second-order valence-electron chi connectivity index (χ2n) is 7.32. The van der Waals surface area contributed by atoms with Crippen LogP contribution in [0.3, 0.4) is 0 Å². The van der Waals surface area contributed by atoms with E-state index in [1.807, 2.05) is 0 Å². The summed E-state index contributed by atoms with van der Waals surface area (Å²) in [6.07, 6.45) is 8.28. The van der Waals surface area contributed by atoms with E-state index >= 15 is 0 Å². The molecule has 1 aromatic carbocycles. The fraction of sp³-hybridized carbons (Fsp3) is 0.632. The van der Waals surface area contributed by atoms with E-state index in [-0.39, 0.29) is 11.4 Å². The quantitative estimate of drug-likeness (QED) is 0.769. The molecule has 4 fully saturated rings. The van der Waals surface area contributed by atoms with Crippen LogP contribution in [0.25, 0.3) is 0 Å². The maximum absolute atomic E-state index is 12.5. The molecule has 4 aliphatic rings. The number of ether oxygens (including phenoxy) is 1. The van der Waals surface area contributed by atoms with Crippen molar-refractivity contribution in [1.29, 1.82) is 0 Å². The Labute approximate surface area is 126 Å². The zero-order chi connectivity index (χ0) is 14.4. The summed E-state index contributed by atoms with van der Waals surface area (Å²) in [6.45, 7) is 0. The Hall–Kier alpha value is -1.31. The SMILES string of the molecule is COC(=O)C12CCC(CC1)CC2c1ccc(C2CC2)cc1. The number of hydrogen-bond acceptors (Lipinski definition) is 2. The van der Waals surface area contributed by atoms with E-state index in [2.05, 4.69) is 24.3 Å². The molecule has 0 spiro atoms. The van der Waals surface area contributed by atoms with Crippen LogP contribution in [0.4, 0.5) is 0 Å². The molecule has 0 amide bonds. The Kier molecular flexibility index (Phi) is 3.09. The van der Waals surface area contributed by atoms with Crippen LogP contribution in [0.15, 0.2) is 24.3 Å². The summed E-state index contributed by atoms with van der Waals surface area (Å²) in [5.41, 5.74) is 2.59. The molecule has 21 heavy (non-hydrogen) atoms. The summed E-state index contributed by atoms with van der Waals surface area (Å²) in [6, 6.07) is 9.15. The van der Waals surface area contributed by atoms with Crippen LogP contribution in [0.1, 0.15) is 67.9 Å². The number of fused-ring (bicyclic) bond motifs is 3. The molecule has 0 saturated heterocycles. The van der Waals surface area contributed by atoms with Crippen molar-refractivity contribution < 1.29 is 9.53 Å². The van der Waals surface area contributed by atoms with Crippen molar-refractivity contribution >= 4 is 5.97 Å². The van der Waals surface area contributed by atoms with Gasteiger partial charge in [0, 0.05) is 5.92 Å². The first-order valence-corrected chi connectivity index (χ1v) is 8.41. The molecule has 2 nitrogen and oxygen atoms in total. The van der Waals surface area contributed by atoms with Crippen molar-refractivity contribution in [3.05, 3.63) is 35.4 Å². The lowest BCUT2D eigenvalue weighted by molar-refractivity contribution is -0.161. The van der Waals surface area contributed by atoms with Crippen LogP contribution >= 0.6 is 0 Å². The molecular formula is C19H24O2. The van der Waals surface area contributed by atoms with Crippen LogP contribution in [0.5, 0.6) is 0 Å². The van der Waals surface area contributed by atoms with E-state index in [1.165, 1.54) is 36.8 Å². The van der Waals surface area contributed by atoms with Gasteiger partial charge in [0.05, 0.1) is 12.5 Å². The van der Waals surface area contributed by atoms with E-state index in [0.717, 1.165) is 31.1 Å². The maximum Gasteiger partial charge on any atom is 0.312 e. The Morgan fingerprint density at radius 1 is 1.05 bits per heavy atom. The minimum absolute atomic E-state index is 0.0249. The van der Waals surface area contributed by atoms with Crippen LogP contribution in [0, 0.1) is 11.3 Å². The van der Waals surface area contributed by atoms with Crippen molar-refractivity contribution in [2.24, 2.45) is 11.3 Å². The van der Waals surface area contributed by atoms with Gasteiger partial charge in [0.2, 0.25) is 0 Å². The summed E-state index contributed by atoms with van der Waals surface area (Å²) in [4.78, 5) is 12.5. The van der Waals surface area contributed by atoms with Gasteiger partial charge in [-0.3, -0.25) is 4.79 Å². The lowest BCUT2D eigenvalue weighted by Crippen LogP contribution is -2.46. The first-order chi connectivity index (χ1) is 10.2. The number of benzene rings is 1.